The topological polar surface area (TPSA) is 42.9 Å². The Hall–Kier alpha value is -1.62. The van der Waals surface area contributed by atoms with Gasteiger partial charge < -0.3 is 0 Å². The number of rotatable bonds is 2. The average molecular weight is 222 g/mol. The van der Waals surface area contributed by atoms with Crippen LogP contribution in [-0.2, 0) is 0 Å². The summed E-state index contributed by atoms with van der Waals surface area (Å²) >= 11 is 1.15. The highest BCUT2D eigenvalue weighted by Gasteiger charge is 2.12. The maximum atomic E-state index is 13.3. The van der Waals surface area contributed by atoms with Crippen molar-refractivity contribution >= 4 is 17.1 Å². The van der Waals surface area contributed by atoms with Gasteiger partial charge in [-0.3, -0.25) is 9.78 Å². The molecule has 0 atom stereocenters. The van der Waals surface area contributed by atoms with Gasteiger partial charge in [0, 0.05) is 19.3 Å². The molecule has 2 aromatic rings. The van der Waals surface area contributed by atoms with Crippen molar-refractivity contribution in [1.29, 1.82) is 0 Å². The van der Waals surface area contributed by atoms with E-state index in [1.165, 1.54) is 31.5 Å². The van der Waals surface area contributed by atoms with Crippen molar-refractivity contribution in [3.8, 4) is 10.7 Å². The smallest absolute Gasteiger partial charge is 0.171 e. The van der Waals surface area contributed by atoms with Gasteiger partial charge in [-0.05, 0) is 12.1 Å². The van der Waals surface area contributed by atoms with Gasteiger partial charge in [-0.1, -0.05) is 0 Å². The predicted octanol–water partition coefficient (Wildman–Crippen LogP) is 2.55. The van der Waals surface area contributed by atoms with Gasteiger partial charge in [0.15, 0.2) is 11.6 Å². The van der Waals surface area contributed by atoms with Crippen LogP contribution in [0.3, 0.4) is 0 Å². The van der Waals surface area contributed by atoms with Crippen LogP contribution in [0.2, 0.25) is 0 Å². The number of carbonyl (C=O) groups excluding carboxylic acids is 1. The fourth-order valence-electron chi connectivity index (χ4n) is 1.09. The summed E-state index contributed by atoms with van der Waals surface area (Å²) in [4.78, 5) is 19.4. The van der Waals surface area contributed by atoms with Crippen molar-refractivity contribution in [1.82, 2.24) is 9.97 Å². The Morgan fingerprint density at radius 1 is 1.47 bits per heavy atom. The third-order valence-corrected chi connectivity index (χ3v) is 2.92. The molecule has 0 radical (unpaired) electrons. The van der Waals surface area contributed by atoms with Gasteiger partial charge in [0.25, 0.3) is 0 Å². The zero-order chi connectivity index (χ0) is 10.8. The number of hydrogen-bond acceptors (Lipinski definition) is 4. The van der Waals surface area contributed by atoms with Crippen molar-refractivity contribution < 1.29 is 9.18 Å². The number of ketones is 1. The van der Waals surface area contributed by atoms with Crippen LogP contribution in [0.4, 0.5) is 4.39 Å². The number of hydrogen-bond donors (Lipinski definition) is 0. The highest BCUT2D eigenvalue weighted by Crippen LogP contribution is 2.25. The van der Waals surface area contributed by atoms with E-state index < -0.39 is 5.82 Å². The molecule has 0 amide bonds. The van der Waals surface area contributed by atoms with Crippen molar-refractivity contribution in [2.24, 2.45) is 0 Å². The minimum Gasteiger partial charge on any atom is -0.294 e. The molecule has 0 bridgehead atoms. The van der Waals surface area contributed by atoms with E-state index in [-0.39, 0.29) is 11.5 Å². The SMILES string of the molecule is CC(=O)c1cnc(-c2ncccc2F)s1. The van der Waals surface area contributed by atoms with E-state index in [9.17, 15) is 9.18 Å². The fraction of sp³-hybridized carbons (Fsp3) is 0.100. The number of aromatic nitrogens is 2. The molecule has 2 aromatic heterocycles. The molecule has 15 heavy (non-hydrogen) atoms. The predicted molar refractivity (Wildman–Crippen MR) is 55.3 cm³/mol. The Kier molecular flexibility index (Phi) is 2.55. The molecule has 2 heterocycles. The van der Waals surface area contributed by atoms with Gasteiger partial charge in [0.2, 0.25) is 0 Å². The summed E-state index contributed by atoms with van der Waals surface area (Å²) in [5.41, 5.74) is 0.190. The molecule has 0 aliphatic rings. The van der Waals surface area contributed by atoms with Crippen molar-refractivity contribution in [3.05, 3.63) is 35.2 Å². The monoisotopic (exact) mass is 222 g/mol. The van der Waals surface area contributed by atoms with E-state index >= 15 is 0 Å². The average Bonchev–Trinajstić information content (AvgIpc) is 2.67. The molecule has 0 fully saturated rings. The summed E-state index contributed by atoms with van der Waals surface area (Å²) in [6.45, 7) is 1.45. The van der Waals surface area contributed by atoms with Crippen LogP contribution < -0.4 is 0 Å². The van der Waals surface area contributed by atoms with Crippen LogP contribution in [0.1, 0.15) is 16.6 Å². The fourth-order valence-corrected chi connectivity index (χ4v) is 1.90. The van der Waals surface area contributed by atoms with E-state index in [2.05, 4.69) is 9.97 Å². The molecule has 0 saturated heterocycles. The Morgan fingerprint density at radius 2 is 2.27 bits per heavy atom. The third-order valence-electron chi connectivity index (χ3n) is 1.81. The molecule has 5 heteroatoms. The molecule has 76 valence electrons. The first-order valence-electron chi connectivity index (χ1n) is 4.26. The second-order valence-electron chi connectivity index (χ2n) is 2.92. The lowest BCUT2D eigenvalue weighted by Crippen LogP contribution is -1.86. The van der Waals surface area contributed by atoms with Crippen molar-refractivity contribution in [2.75, 3.05) is 0 Å². The van der Waals surface area contributed by atoms with Gasteiger partial charge in [-0.15, -0.1) is 11.3 Å². The summed E-state index contributed by atoms with van der Waals surface area (Å²) < 4.78 is 13.3. The summed E-state index contributed by atoms with van der Waals surface area (Å²) in [7, 11) is 0. The summed E-state index contributed by atoms with van der Waals surface area (Å²) in [6.07, 6.45) is 2.93. The Morgan fingerprint density at radius 3 is 2.87 bits per heavy atom. The van der Waals surface area contributed by atoms with Gasteiger partial charge in [-0.2, -0.15) is 0 Å². The molecule has 3 nitrogen and oxygen atoms in total. The zero-order valence-electron chi connectivity index (χ0n) is 7.90. The number of thiazole rings is 1. The molecule has 0 spiro atoms. The second kappa shape index (κ2) is 3.86. The lowest BCUT2D eigenvalue weighted by atomic mass is 10.3. The highest BCUT2D eigenvalue weighted by molar-refractivity contribution is 7.16. The summed E-state index contributed by atoms with van der Waals surface area (Å²) in [5.74, 6) is -0.503. The number of halogens is 1. The maximum absolute atomic E-state index is 13.3. The normalized spacial score (nSPS) is 10.3. The first-order chi connectivity index (χ1) is 7.18. The van der Waals surface area contributed by atoms with E-state index in [4.69, 9.17) is 0 Å². The molecule has 0 N–H and O–H groups in total. The van der Waals surface area contributed by atoms with Crippen LogP contribution in [-0.4, -0.2) is 15.8 Å². The van der Waals surface area contributed by atoms with Crippen LogP contribution in [0.5, 0.6) is 0 Å². The Balaban J connectivity index is 2.46. The molecule has 0 saturated carbocycles. The zero-order valence-corrected chi connectivity index (χ0v) is 8.71. The van der Waals surface area contributed by atoms with Crippen LogP contribution in [0.25, 0.3) is 10.7 Å². The molecule has 0 aliphatic heterocycles. The van der Waals surface area contributed by atoms with Crippen LogP contribution >= 0.6 is 11.3 Å². The Labute approximate surface area is 89.6 Å². The molecular formula is C10H7FN2OS. The largest absolute Gasteiger partial charge is 0.294 e. The number of carbonyl (C=O) groups is 1. The lowest BCUT2D eigenvalue weighted by Gasteiger charge is -1.95. The second-order valence-corrected chi connectivity index (χ2v) is 3.95. The minimum absolute atomic E-state index is 0.0740. The molecule has 0 aliphatic carbocycles. The van der Waals surface area contributed by atoms with E-state index in [0.717, 1.165) is 11.3 Å². The quantitative estimate of drug-likeness (QED) is 0.733. The number of Topliss-reactive ketones (excluding diaryl/α,β-unsaturated/α-hetero) is 1. The first kappa shape index (κ1) is 9.92. The summed E-state index contributed by atoms with van der Waals surface area (Å²) in [5, 5.41) is 0.429. The van der Waals surface area contributed by atoms with Gasteiger partial charge >= 0.3 is 0 Å². The number of pyridine rings is 1. The first-order valence-corrected chi connectivity index (χ1v) is 5.08. The molecular weight excluding hydrogens is 215 g/mol. The van der Waals surface area contributed by atoms with Crippen LogP contribution in [0.15, 0.2) is 24.5 Å². The summed E-state index contributed by atoms with van der Waals surface area (Å²) in [6, 6.07) is 2.83. The van der Waals surface area contributed by atoms with Crippen molar-refractivity contribution in [3.63, 3.8) is 0 Å². The minimum atomic E-state index is -0.429. The van der Waals surface area contributed by atoms with Gasteiger partial charge in [-0.25, -0.2) is 9.37 Å². The molecule has 0 unspecified atom stereocenters. The van der Waals surface area contributed by atoms with Crippen molar-refractivity contribution in [2.45, 2.75) is 6.92 Å². The molecule has 2 rings (SSSR count). The van der Waals surface area contributed by atoms with E-state index in [0.29, 0.717) is 9.88 Å². The molecule has 0 aromatic carbocycles. The third kappa shape index (κ3) is 1.92. The Bertz CT molecular complexity index is 510. The van der Waals surface area contributed by atoms with E-state index in [1.807, 2.05) is 0 Å². The van der Waals surface area contributed by atoms with Crippen LogP contribution in [0, 0.1) is 5.82 Å². The maximum Gasteiger partial charge on any atom is 0.171 e. The van der Waals surface area contributed by atoms with Gasteiger partial charge in [0.05, 0.1) is 4.88 Å². The standard InChI is InChI=1S/C10H7FN2OS/c1-6(14)8-5-13-10(15-8)9-7(11)3-2-4-12-9/h2-5H,1H3. The lowest BCUT2D eigenvalue weighted by molar-refractivity contribution is 0.102. The van der Waals surface area contributed by atoms with Gasteiger partial charge in [0.1, 0.15) is 10.7 Å². The number of nitrogens with zero attached hydrogens (tertiary/aromatic N) is 2. The highest BCUT2D eigenvalue weighted by atomic mass is 32.1. The van der Waals surface area contributed by atoms with E-state index in [1.54, 1.807) is 0 Å².